The summed E-state index contributed by atoms with van der Waals surface area (Å²) < 4.78 is 35.8. The zero-order valence-corrected chi connectivity index (χ0v) is 20.9. The Labute approximate surface area is 212 Å². The molecule has 1 aliphatic carbocycles. The maximum Gasteiger partial charge on any atom is 0.335 e. The number of halogens is 2. The summed E-state index contributed by atoms with van der Waals surface area (Å²) >= 11 is 0. The Morgan fingerprint density at radius 2 is 2.00 bits per heavy atom. The average molecular weight is 507 g/mol. The summed E-state index contributed by atoms with van der Waals surface area (Å²) in [6.07, 6.45) is 3.71. The van der Waals surface area contributed by atoms with Gasteiger partial charge in [0, 0.05) is 47.2 Å². The number of aliphatic carboxylic acids is 1. The molecule has 0 radical (unpaired) electrons. The van der Waals surface area contributed by atoms with E-state index in [9.17, 15) is 23.9 Å². The first-order valence-corrected chi connectivity index (χ1v) is 12.2. The molecule has 1 fully saturated rings. The van der Waals surface area contributed by atoms with E-state index in [1.165, 1.54) is 19.2 Å². The van der Waals surface area contributed by atoms with Crippen LogP contribution in [0.1, 0.15) is 63.1 Å². The first-order chi connectivity index (χ1) is 17.6. The highest BCUT2D eigenvalue weighted by molar-refractivity contribution is 5.99. The Morgan fingerprint density at radius 1 is 1.27 bits per heavy atom. The molecule has 37 heavy (non-hydrogen) atoms. The number of aromatic amines is 1. The molecule has 4 aromatic rings. The fourth-order valence-corrected chi connectivity index (χ4v) is 5.88. The first kappa shape index (κ1) is 24.9. The lowest BCUT2D eigenvalue weighted by molar-refractivity contribution is -0.166. The summed E-state index contributed by atoms with van der Waals surface area (Å²) in [6, 6.07) is 10.1. The van der Waals surface area contributed by atoms with Crippen molar-refractivity contribution in [2.24, 2.45) is 0 Å². The van der Waals surface area contributed by atoms with E-state index in [0.717, 1.165) is 39.1 Å². The zero-order chi connectivity index (χ0) is 26.5. The van der Waals surface area contributed by atoms with Crippen molar-refractivity contribution >= 4 is 27.8 Å². The van der Waals surface area contributed by atoms with E-state index >= 15 is 0 Å². The minimum Gasteiger partial charge on any atom is -0.479 e. The lowest BCUT2D eigenvalue weighted by Crippen LogP contribution is -2.43. The van der Waals surface area contributed by atoms with Crippen LogP contribution in [-0.2, 0) is 14.9 Å². The maximum atomic E-state index is 14.5. The molecular weight excluding hydrogens is 478 g/mol. The van der Waals surface area contributed by atoms with Crippen LogP contribution in [0.25, 0.3) is 27.5 Å². The summed E-state index contributed by atoms with van der Waals surface area (Å²) in [7, 11) is 1.43. The van der Waals surface area contributed by atoms with Crippen molar-refractivity contribution < 1.29 is 23.4 Å². The fourth-order valence-electron chi connectivity index (χ4n) is 5.88. The van der Waals surface area contributed by atoms with Crippen molar-refractivity contribution in [3.8, 4) is 11.8 Å². The summed E-state index contributed by atoms with van der Waals surface area (Å²) in [5.74, 6) is -2.89. The summed E-state index contributed by atoms with van der Waals surface area (Å²) in [6.45, 7) is 3.94. The molecule has 2 heterocycles. The standard InChI is InChI=1S/C28H28F2N4O3/c1-27(2,10-11-31)25-24(16-6-8-28(37-3,9-7-16)26(35)36)19-14-22-17(15-32-33-22)12-23(19)34(25)18-4-5-20(29)21(30)13-18/h4-5,12-16H,6-10H2,1-3H3,(H,32,33)(H,35,36). The Morgan fingerprint density at radius 3 is 2.62 bits per heavy atom. The molecule has 0 aliphatic heterocycles. The van der Waals surface area contributed by atoms with Gasteiger partial charge in [-0.3, -0.25) is 5.10 Å². The maximum absolute atomic E-state index is 14.5. The van der Waals surface area contributed by atoms with Crippen LogP contribution >= 0.6 is 0 Å². The molecule has 9 heteroatoms. The smallest absolute Gasteiger partial charge is 0.335 e. The van der Waals surface area contributed by atoms with Crippen molar-refractivity contribution in [2.75, 3.05) is 7.11 Å². The number of benzene rings is 2. The van der Waals surface area contributed by atoms with E-state index in [1.54, 1.807) is 6.20 Å². The zero-order valence-electron chi connectivity index (χ0n) is 20.9. The minimum absolute atomic E-state index is 0.0231. The van der Waals surface area contributed by atoms with Crippen LogP contribution in [0.5, 0.6) is 0 Å². The molecule has 0 unspecified atom stereocenters. The lowest BCUT2D eigenvalue weighted by Gasteiger charge is -2.37. The number of methoxy groups -OCH3 is 1. The van der Waals surface area contributed by atoms with Crippen LogP contribution in [0, 0.1) is 23.0 Å². The van der Waals surface area contributed by atoms with E-state index in [2.05, 4.69) is 16.3 Å². The number of hydrogen-bond donors (Lipinski definition) is 2. The number of hydrogen-bond acceptors (Lipinski definition) is 4. The predicted octanol–water partition coefficient (Wildman–Crippen LogP) is 6.10. The van der Waals surface area contributed by atoms with Crippen molar-refractivity contribution in [1.82, 2.24) is 14.8 Å². The van der Waals surface area contributed by atoms with Crippen LogP contribution in [0.4, 0.5) is 8.78 Å². The van der Waals surface area contributed by atoms with Crippen molar-refractivity contribution in [3.63, 3.8) is 0 Å². The van der Waals surface area contributed by atoms with Gasteiger partial charge in [-0.05, 0) is 61.4 Å². The highest BCUT2D eigenvalue weighted by atomic mass is 19.2. The average Bonchev–Trinajstić information content (AvgIpc) is 3.46. The van der Waals surface area contributed by atoms with Gasteiger partial charge in [-0.25, -0.2) is 13.6 Å². The molecule has 1 aliphatic rings. The highest BCUT2D eigenvalue weighted by Gasteiger charge is 2.44. The SMILES string of the molecule is COC1(C(=O)O)CCC(c2c(C(C)(C)CC#N)n(-c3ccc(F)c(F)c3)c3cc4cn[nH]c4cc23)CC1. The largest absolute Gasteiger partial charge is 0.479 e. The van der Waals surface area contributed by atoms with Gasteiger partial charge in [0.25, 0.3) is 0 Å². The monoisotopic (exact) mass is 506 g/mol. The van der Waals surface area contributed by atoms with Crippen molar-refractivity contribution in [1.29, 1.82) is 5.26 Å². The second-order valence-corrected chi connectivity index (χ2v) is 10.5. The van der Waals surface area contributed by atoms with Gasteiger partial charge in [0.1, 0.15) is 0 Å². The summed E-state index contributed by atoms with van der Waals surface area (Å²) in [5.41, 5.74) is 2.02. The van der Waals surface area contributed by atoms with Gasteiger partial charge in [0.05, 0.1) is 23.3 Å². The van der Waals surface area contributed by atoms with Crippen LogP contribution in [-0.4, -0.2) is 38.6 Å². The number of ether oxygens (including phenoxy) is 1. The molecule has 0 spiro atoms. The second-order valence-electron chi connectivity index (χ2n) is 10.5. The van der Waals surface area contributed by atoms with E-state index in [0.29, 0.717) is 31.4 Å². The Hall–Kier alpha value is -3.77. The van der Waals surface area contributed by atoms with E-state index in [1.807, 2.05) is 30.5 Å². The number of rotatable bonds is 6. The number of carbonyl (C=O) groups is 1. The molecule has 7 nitrogen and oxygen atoms in total. The molecule has 0 amide bonds. The van der Waals surface area contributed by atoms with Gasteiger partial charge in [-0.1, -0.05) is 13.8 Å². The summed E-state index contributed by atoms with van der Waals surface area (Å²) in [5, 5.41) is 28.5. The Bertz CT molecular complexity index is 1560. The lowest BCUT2D eigenvalue weighted by atomic mass is 9.72. The number of carboxylic acid groups (broad SMARTS) is 1. The molecule has 192 valence electrons. The van der Waals surface area contributed by atoms with Crippen LogP contribution in [0.3, 0.4) is 0 Å². The van der Waals surface area contributed by atoms with Gasteiger partial charge >= 0.3 is 5.97 Å². The molecule has 1 saturated carbocycles. The van der Waals surface area contributed by atoms with Crippen molar-refractivity contribution in [2.45, 2.75) is 62.9 Å². The quantitative estimate of drug-likeness (QED) is 0.329. The number of fused-ring (bicyclic) bond motifs is 2. The molecule has 2 aromatic heterocycles. The van der Waals surface area contributed by atoms with Gasteiger partial charge in [0.2, 0.25) is 0 Å². The van der Waals surface area contributed by atoms with E-state index in [-0.39, 0.29) is 12.3 Å². The third-order valence-corrected chi connectivity index (χ3v) is 7.87. The molecule has 2 aromatic carbocycles. The van der Waals surface area contributed by atoms with Gasteiger partial charge in [0.15, 0.2) is 17.2 Å². The van der Waals surface area contributed by atoms with E-state index in [4.69, 9.17) is 4.74 Å². The molecule has 5 rings (SSSR count). The number of nitrogens with zero attached hydrogens (tertiary/aromatic N) is 3. The van der Waals surface area contributed by atoms with Crippen LogP contribution in [0.15, 0.2) is 36.5 Å². The normalized spacial score (nSPS) is 20.4. The molecular formula is C28H28F2N4O3. The van der Waals surface area contributed by atoms with Crippen LogP contribution < -0.4 is 0 Å². The van der Waals surface area contributed by atoms with E-state index < -0.39 is 28.6 Å². The Kier molecular flexibility index (Phi) is 6.03. The van der Waals surface area contributed by atoms with Gasteiger partial charge in [-0.15, -0.1) is 0 Å². The third-order valence-electron chi connectivity index (χ3n) is 7.87. The molecule has 0 bridgehead atoms. The third kappa shape index (κ3) is 3.96. The number of aromatic nitrogens is 3. The number of carboxylic acids is 1. The predicted molar refractivity (Wildman–Crippen MR) is 135 cm³/mol. The van der Waals surface area contributed by atoms with Crippen molar-refractivity contribution in [3.05, 3.63) is 59.4 Å². The summed E-state index contributed by atoms with van der Waals surface area (Å²) in [4.78, 5) is 12.0. The highest BCUT2D eigenvalue weighted by Crippen LogP contribution is 2.48. The topological polar surface area (TPSA) is 104 Å². The molecule has 0 atom stereocenters. The fraction of sp³-hybridized carbons (Fsp3) is 0.393. The van der Waals surface area contributed by atoms with Crippen LogP contribution in [0.2, 0.25) is 0 Å². The number of nitrogens with one attached hydrogen (secondary N) is 1. The first-order valence-electron chi connectivity index (χ1n) is 12.2. The molecule has 0 saturated heterocycles. The second kappa shape index (κ2) is 8.96. The van der Waals surface area contributed by atoms with Gasteiger partial charge in [-0.2, -0.15) is 10.4 Å². The minimum atomic E-state index is -1.23. The Balaban J connectivity index is 1.82. The number of nitriles is 1. The molecule has 2 N–H and O–H groups in total. The number of H-pyrrole nitrogens is 1. The van der Waals surface area contributed by atoms with Gasteiger partial charge < -0.3 is 14.4 Å².